The molecule has 0 heterocycles. The lowest BCUT2D eigenvalue weighted by Crippen LogP contribution is -2.23. The minimum atomic E-state index is -4.61. The van der Waals surface area contributed by atoms with Crippen molar-refractivity contribution in [3.8, 4) is 12.3 Å². The maximum atomic E-state index is 11.4. The first-order chi connectivity index (χ1) is 10.3. The molecule has 0 saturated heterocycles. The van der Waals surface area contributed by atoms with E-state index in [2.05, 4.69) is 10.4 Å². The fraction of sp³-hybridized carbons (Fsp3) is 0.786. The second-order valence-corrected chi connectivity index (χ2v) is 6.19. The van der Waals surface area contributed by atoms with Gasteiger partial charge < -0.3 is 19.6 Å². The van der Waals surface area contributed by atoms with Crippen LogP contribution >= 0.6 is 7.82 Å². The van der Waals surface area contributed by atoms with Crippen molar-refractivity contribution in [2.75, 3.05) is 13.2 Å². The van der Waals surface area contributed by atoms with Gasteiger partial charge in [0.25, 0.3) is 0 Å². The van der Waals surface area contributed by atoms with Crippen LogP contribution in [0.5, 0.6) is 0 Å². The van der Waals surface area contributed by atoms with Crippen molar-refractivity contribution >= 4 is 13.8 Å². The van der Waals surface area contributed by atoms with Crippen LogP contribution in [0.25, 0.3) is 0 Å². The zero-order chi connectivity index (χ0) is 16.8. The number of aliphatic hydroxyl groups excluding tert-OH is 1. The molecule has 0 aliphatic rings. The molecule has 1 unspecified atom stereocenters. The molecule has 0 saturated carbocycles. The zero-order valence-corrected chi connectivity index (χ0v) is 13.5. The van der Waals surface area contributed by atoms with Gasteiger partial charge in [-0.3, -0.25) is 9.32 Å². The first kappa shape index (κ1) is 21.1. The van der Waals surface area contributed by atoms with E-state index >= 15 is 0 Å². The predicted molar refractivity (Wildman–Crippen MR) is 80.7 cm³/mol. The molecular formula is C14H25O7P. The molecule has 0 rings (SSSR count). The Hall–Kier alpha value is -0.900. The van der Waals surface area contributed by atoms with Crippen LogP contribution in [0, 0.1) is 12.3 Å². The maximum absolute atomic E-state index is 11.4. The Labute approximate surface area is 131 Å². The molecule has 0 aromatic carbocycles. The second-order valence-electron chi connectivity index (χ2n) is 4.95. The number of aliphatic hydroxyl groups is 1. The van der Waals surface area contributed by atoms with Crippen molar-refractivity contribution in [1.82, 2.24) is 0 Å². The standard InChI is InChI=1S/C14H25O7P/c1-2-3-4-5-6-7-8-9-10-14(16)20-11-13(15)12-21-22(17,18)19/h1,13,15H,3-12H2,(H2,17,18,19). The molecule has 3 N–H and O–H groups in total. The summed E-state index contributed by atoms with van der Waals surface area (Å²) in [6.45, 7) is -0.930. The predicted octanol–water partition coefficient (Wildman–Crippen LogP) is 1.75. The Morgan fingerprint density at radius 1 is 1.09 bits per heavy atom. The number of unbranched alkanes of at least 4 members (excludes halogenated alkanes) is 6. The smallest absolute Gasteiger partial charge is 0.463 e. The third-order valence-corrected chi connectivity index (χ3v) is 3.31. The van der Waals surface area contributed by atoms with Crippen LogP contribution in [-0.4, -0.2) is 40.2 Å². The molecule has 1 atom stereocenters. The summed E-state index contributed by atoms with van der Waals surface area (Å²) in [6.07, 6.45) is 10.9. The number of phosphoric acid groups is 1. The van der Waals surface area contributed by atoms with Crippen molar-refractivity contribution in [2.24, 2.45) is 0 Å². The Morgan fingerprint density at radius 3 is 2.27 bits per heavy atom. The monoisotopic (exact) mass is 336 g/mol. The van der Waals surface area contributed by atoms with E-state index in [9.17, 15) is 14.5 Å². The van der Waals surface area contributed by atoms with Crippen molar-refractivity contribution in [3.05, 3.63) is 0 Å². The lowest BCUT2D eigenvalue weighted by Gasteiger charge is -2.12. The highest BCUT2D eigenvalue weighted by molar-refractivity contribution is 7.46. The molecule has 128 valence electrons. The number of carbonyl (C=O) groups excluding carboxylic acids is 1. The highest BCUT2D eigenvalue weighted by atomic mass is 31.2. The molecule has 0 bridgehead atoms. The van der Waals surface area contributed by atoms with Crippen LogP contribution in [0.2, 0.25) is 0 Å². The van der Waals surface area contributed by atoms with E-state index in [0.29, 0.717) is 6.42 Å². The van der Waals surface area contributed by atoms with Crippen LogP contribution in [0.15, 0.2) is 0 Å². The van der Waals surface area contributed by atoms with Gasteiger partial charge in [0.1, 0.15) is 12.7 Å². The van der Waals surface area contributed by atoms with Crippen LogP contribution < -0.4 is 0 Å². The Morgan fingerprint density at radius 2 is 1.68 bits per heavy atom. The van der Waals surface area contributed by atoms with Crippen molar-refractivity contribution in [1.29, 1.82) is 0 Å². The van der Waals surface area contributed by atoms with Gasteiger partial charge in [0, 0.05) is 12.8 Å². The normalized spacial score (nSPS) is 12.6. The van der Waals surface area contributed by atoms with Gasteiger partial charge in [-0.05, 0) is 12.8 Å². The first-order valence-electron chi connectivity index (χ1n) is 7.32. The average molecular weight is 336 g/mol. The third-order valence-electron chi connectivity index (χ3n) is 2.82. The number of ether oxygens (including phenoxy) is 1. The number of carbonyl (C=O) groups is 1. The highest BCUT2D eigenvalue weighted by Crippen LogP contribution is 2.35. The molecule has 0 aromatic rings. The SMILES string of the molecule is C#CCCCCCCCCC(=O)OCC(O)COP(=O)(O)O. The molecule has 0 aliphatic heterocycles. The van der Waals surface area contributed by atoms with Crippen molar-refractivity contribution < 1.29 is 33.5 Å². The topological polar surface area (TPSA) is 113 Å². The van der Waals surface area contributed by atoms with Gasteiger partial charge >= 0.3 is 13.8 Å². The summed E-state index contributed by atoms with van der Waals surface area (Å²) in [5.41, 5.74) is 0. The summed E-state index contributed by atoms with van der Waals surface area (Å²) in [5.74, 6) is 2.15. The summed E-state index contributed by atoms with van der Waals surface area (Å²) >= 11 is 0. The fourth-order valence-electron chi connectivity index (χ4n) is 1.70. The molecule has 8 heteroatoms. The lowest BCUT2D eigenvalue weighted by molar-refractivity contribution is -0.147. The summed E-state index contributed by atoms with van der Waals surface area (Å²) in [4.78, 5) is 28.3. The van der Waals surface area contributed by atoms with Gasteiger partial charge in [-0.1, -0.05) is 25.7 Å². The largest absolute Gasteiger partial charge is 0.469 e. The zero-order valence-electron chi connectivity index (χ0n) is 12.6. The second kappa shape index (κ2) is 12.6. The fourth-order valence-corrected chi connectivity index (χ4v) is 2.06. The van der Waals surface area contributed by atoms with E-state index < -0.39 is 26.5 Å². The van der Waals surface area contributed by atoms with Gasteiger partial charge in [0.2, 0.25) is 0 Å². The summed E-state index contributed by atoms with van der Waals surface area (Å²) in [5, 5.41) is 9.31. The molecule has 22 heavy (non-hydrogen) atoms. The minimum Gasteiger partial charge on any atom is -0.463 e. The Balaban J connectivity index is 3.46. The molecule has 0 amide bonds. The van der Waals surface area contributed by atoms with Gasteiger partial charge in [-0.2, -0.15) is 0 Å². The van der Waals surface area contributed by atoms with Crippen LogP contribution in [0.4, 0.5) is 0 Å². The molecule has 0 fully saturated rings. The number of esters is 1. The summed E-state index contributed by atoms with van der Waals surface area (Å²) in [6, 6.07) is 0. The van der Waals surface area contributed by atoms with Gasteiger partial charge in [0.05, 0.1) is 6.61 Å². The summed E-state index contributed by atoms with van der Waals surface area (Å²) < 4.78 is 19.3. The van der Waals surface area contributed by atoms with Gasteiger partial charge in [-0.15, -0.1) is 12.3 Å². The molecule has 0 aliphatic carbocycles. The number of phosphoric ester groups is 1. The van der Waals surface area contributed by atoms with E-state index in [1.807, 2.05) is 0 Å². The number of rotatable bonds is 13. The minimum absolute atomic E-state index is 0.260. The van der Waals surface area contributed by atoms with Crippen LogP contribution in [0.3, 0.4) is 0 Å². The molecular weight excluding hydrogens is 311 g/mol. The highest BCUT2D eigenvalue weighted by Gasteiger charge is 2.17. The van der Waals surface area contributed by atoms with Gasteiger partial charge in [0.15, 0.2) is 0 Å². The number of hydrogen-bond donors (Lipinski definition) is 3. The molecule has 0 spiro atoms. The Bertz CT molecular complexity index is 385. The molecule has 0 radical (unpaired) electrons. The van der Waals surface area contributed by atoms with E-state index in [-0.39, 0.29) is 13.0 Å². The number of terminal acetylenes is 1. The van der Waals surface area contributed by atoms with E-state index in [1.165, 1.54) is 0 Å². The summed E-state index contributed by atoms with van der Waals surface area (Å²) in [7, 11) is -4.61. The quantitative estimate of drug-likeness (QED) is 0.203. The molecule has 0 aromatic heterocycles. The van der Waals surface area contributed by atoms with Crippen molar-refractivity contribution in [2.45, 2.75) is 57.5 Å². The van der Waals surface area contributed by atoms with Gasteiger partial charge in [-0.25, -0.2) is 4.57 Å². The maximum Gasteiger partial charge on any atom is 0.469 e. The van der Waals surface area contributed by atoms with Crippen LogP contribution in [0.1, 0.15) is 51.4 Å². The van der Waals surface area contributed by atoms with E-state index in [0.717, 1.165) is 38.5 Å². The average Bonchev–Trinajstić information content (AvgIpc) is 2.45. The Kier molecular flexibility index (Phi) is 12.1. The lowest BCUT2D eigenvalue weighted by atomic mass is 10.1. The number of hydrogen-bond acceptors (Lipinski definition) is 5. The molecule has 7 nitrogen and oxygen atoms in total. The third kappa shape index (κ3) is 15.5. The van der Waals surface area contributed by atoms with E-state index in [1.54, 1.807) is 0 Å². The first-order valence-corrected chi connectivity index (χ1v) is 8.85. The van der Waals surface area contributed by atoms with E-state index in [4.69, 9.17) is 20.9 Å². The van der Waals surface area contributed by atoms with Crippen molar-refractivity contribution in [3.63, 3.8) is 0 Å². The van der Waals surface area contributed by atoms with Crippen LogP contribution in [-0.2, 0) is 18.6 Å².